The molecule has 0 radical (unpaired) electrons. The third kappa shape index (κ3) is 4.71. The lowest BCUT2D eigenvalue weighted by atomic mass is 10.1. The number of amides is 1. The second kappa shape index (κ2) is 7.95. The van der Waals surface area contributed by atoms with Gasteiger partial charge >= 0.3 is 0 Å². The molecule has 22 heavy (non-hydrogen) atoms. The minimum absolute atomic E-state index is 0.0282. The van der Waals surface area contributed by atoms with Gasteiger partial charge in [-0.2, -0.15) is 5.26 Å². The van der Waals surface area contributed by atoms with Crippen molar-refractivity contribution in [3.8, 4) is 6.07 Å². The van der Waals surface area contributed by atoms with Crippen LogP contribution < -0.4 is 16.4 Å². The van der Waals surface area contributed by atoms with Crippen LogP contribution in [0.15, 0.2) is 18.2 Å². The van der Waals surface area contributed by atoms with E-state index in [9.17, 15) is 14.9 Å². The number of benzene rings is 1. The molecular formula is C14H19N5O3. The maximum atomic E-state index is 10.6. The van der Waals surface area contributed by atoms with Crippen molar-refractivity contribution in [3.63, 3.8) is 0 Å². The summed E-state index contributed by atoms with van der Waals surface area (Å²) in [5.74, 6) is -0.463. The monoisotopic (exact) mass is 305 g/mol. The summed E-state index contributed by atoms with van der Waals surface area (Å²) in [6, 6.07) is 5.97. The maximum absolute atomic E-state index is 10.6. The van der Waals surface area contributed by atoms with Crippen LogP contribution in [0.4, 0.5) is 11.4 Å². The Balaban J connectivity index is 0.000000346. The van der Waals surface area contributed by atoms with Crippen LogP contribution in [0.1, 0.15) is 25.3 Å². The standard InChI is InChI=1S/C11H11N3O2.C3H8N2O/c12-8-9-7-10(14(15)16)3-4-11(9)13-5-1-2-6-13;1-2(4)3(5)6/h3-4,7H,1-2,5-6H2;2H,4H2,1H3,(H2,5,6). The van der Waals surface area contributed by atoms with Crippen LogP contribution in [0.2, 0.25) is 0 Å². The zero-order valence-corrected chi connectivity index (χ0v) is 12.4. The average Bonchev–Trinajstić information content (AvgIpc) is 3.01. The lowest BCUT2D eigenvalue weighted by Gasteiger charge is -2.18. The van der Waals surface area contributed by atoms with E-state index in [0.29, 0.717) is 5.56 Å². The minimum Gasteiger partial charge on any atom is -0.370 e. The number of nitrogens with two attached hydrogens (primary N) is 2. The summed E-state index contributed by atoms with van der Waals surface area (Å²) >= 11 is 0. The number of nitriles is 1. The Kier molecular flexibility index (Phi) is 6.28. The molecule has 1 fully saturated rings. The fraction of sp³-hybridized carbons (Fsp3) is 0.429. The number of carbonyl (C=O) groups excluding carboxylic acids is 1. The molecule has 0 aliphatic carbocycles. The summed E-state index contributed by atoms with van der Waals surface area (Å²) < 4.78 is 0. The van der Waals surface area contributed by atoms with Gasteiger partial charge in [0.1, 0.15) is 6.07 Å². The number of nitro benzene ring substituents is 1. The molecule has 0 saturated carbocycles. The molecule has 1 aliphatic rings. The SMILES string of the molecule is CC(N)C(N)=O.N#Cc1cc([N+](=O)[O-])ccc1N1CCCC1. The molecule has 0 bridgehead atoms. The van der Waals surface area contributed by atoms with E-state index < -0.39 is 16.9 Å². The smallest absolute Gasteiger partial charge is 0.270 e. The highest BCUT2D eigenvalue weighted by molar-refractivity contribution is 5.78. The van der Waals surface area contributed by atoms with Crippen molar-refractivity contribution in [2.45, 2.75) is 25.8 Å². The largest absolute Gasteiger partial charge is 0.370 e. The van der Waals surface area contributed by atoms with Gasteiger partial charge in [0.15, 0.2) is 0 Å². The van der Waals surface area contributed by atoms with Gasteiger partial charge in [0, 0.05) is 25.2 Å². The van der Waals surface area contributed by atoms with E-state index in [-0.39, 0.29) is 5.69 Å². The number of nitrogens with zero attached hydrogens (tertiary/aromatic N) is 3. The van der Waals surface area contributed by atoms with Crippen LogP contribution in [-0.4, -0.2) is 30.0 Å². The molecule has 1 heterocycles. The predicted molar refractivity (Wildman–Crippen MR) is 82.1 cm³/mol. The molecule has 1 atom stereocenters. The molecule has 8 nitrogen and oxygen atoms in total. The highest BCUT2D eigenvalue weighted by atomic mass is 16.6. The van der Waals surface area contributed by atoms with Crippen molar-refractivity contribution in [1.82, 2.24) is 0 Å². The van der Waals surface area contributed by atoms with Gasteiger partial charge in [-0.25, -0.2) is 0 Å². The second-order valence-corrected chi connectivity index (χ2v) is 4.96. The van der Waals surface area contributed by atoms with Crippen LogP contribution >= 0.6 is 0 Å². The number of primary amides is 1. The van der Waals surface area contributed by atoms with Gasteiger partial charge in [0.05, 0.1) is 22.2 Å². The van der Waals surface area contributed by atoms with Gasteiger partial charge in [-0.3, -0.25) is 14.9 Å². The molecule has 1 saturated heterocycles. The fourth-order valence-corrected chi connectivity index (χ4v) is 1.96. The summed E-state index contributed by atoms with van der Waals surface area (Å²) in [4.78, 5) is 22.0. The zero-order chi connectivity index (χ0) is 16.7. The molecule has 1 aromatic rings. The number of rotatable bonds is 3. The summed E-state index contributed by atoms with van der Waals surface area (Å²) in [6.07, 6.45) is 2.23. The number of hydrogen-bond acceptors (Lipinski definition) is 6. The van der Waals surface area contributed by atoms with E-state index in [1.54, 1.807) is 13.0 Å². The van der Waals surface area contributed by atoms with Gasteiger partial charge in [-0.15, -0.1) is 0 Å². The highest BCUT2D eigenvalue weighted by Crippen LogP contribution is 2.27. The highest BCUT2D eigenvalue weighted by Gasteiger charge is 2.18. The summed E-state index contributed by atoms with van der Waals surface area (Å²) in [6.45, 7) is 3.39. The normalized spacial score (nSPS) is 14.5. The van der Waals surface area contributed by atoms with E-state index in [4.69, 9.17) is 11.0 Å². The van der Waals surface area contributed by atoms with Crippen molar-refractivity contribution < 1.29 is 9.72 Å². The van der Waals surface area contributed by atoms with E-state index in [1.165, 1.54) is 12.1 Å². The third-order valence-corrected chi connectivity index (χ3v) is 3.21. The fourth-order valence-electron chi connectivity index (χ4n) is 1.96. The third-order valence-electron chi connectivity index (χ3n) is 3.21. The Morgan fingerprint density at radius 1 is 1.45 bits per heavy atom. The van der Waals surface area contributed by atoms with Crippen molar-refractivity contribution in [1.29, 1.82) is 5.26 Å². The number of carbonyl (C=O) groups is 1. The first-order valence-electron chi connectivity index (χ1n) is 6.85. The lowest BCUT2D eigenvalue weighted by Crippen LogP contribution is -2.32. The van der Waals surface area contributed by atoms with Crippen LogP contribution in [-0.2, 0) is 4.79 Å². The summed E-state index contributed by atoms with van der Waals surface area (Å²) in [7, 11) is 0. The van der Waals surface area contributed by atoms with Crippen LogP contribution in [0.3, 0.4) is 0 Å². The van der Waals surface area contributed by atoms with Crippen LogP contribution in [0, 0.1) is 21.4 Å². The zero-order valence-electron chi connectivity index (χ0n) is 12.4. The molecule has 1 amide bonds. The lowest BCUT2D eigenvalue weighted by molar-refractivity contribution is -0.384. The Bertz CT molecular complexity index is 589. The summed E-state index contributed by atoms with van der Waals surface area (Å²) in [5, 5.41) is 19.6. The molecule has 0 aromatic heterocycles. The molecule has 8 heteroatoms. The molecule has 0 spiro atoms. The van der Waals surface area contributed by atoms with Gasteiger partial charge in [0.25, 0.3) is 5.69 Å². The maximum Gasteiger partial charge on any atom is 0.270 e. The molecule has 1 aromatic carbocycles. The molecule has 2 rings (SSSR count). The first kappa shape index (κ1) is 17.4. The molecular weight excluding hydrogens is 286 g/mol. The van der Waals surface area contributed by atoms with Crippen molar-refractivity contribution in [2.75, 3.05) is 18.0 Å². The van der Waals surface area contributed by atoms with Gasteiger partial charge < -0.3 is 16.4 Å². The molecule has 4 N–H and O–H groups in total. The summed E-state index contributed by atoms with van der Waals surface area (Å²) in [5.41, 5.74) is 10.8. The first-order valence-corrected chi connectivity index (χ1v) is 6.85. The topological polar surface area (TPSA) is 139 Å². The van der Waals surface area contributed by atoms with E-state index in [0.717, 1.165) is 31.6 Å². The van der Waals surface area contributed by atoms with Crippen LogP contribution in [0.25, 0.3) is 0 Å². The van der Waals surface area contributed by atoms with Crippen molar-refractivity contribution in [3.05, 3.63) is 33.9 Å². The Morgan fingerprint density at radius 3 is 2.41 bits per heavy atom. The quantitative estimate of drug-likeness (QED) is 0.627. The molecule has 118 valence electrons. The predicted octanol–water partition coefficient (Wildman–Crippen LogP) is 0.886. The van der Waals surface area contributed by atoms with E-state index >= 15 is 0 Å². The Morgan fingerprint density at radius 2 is 2.00 bits per heavy atom. The van der Waals surface area contributed by atoms with Crippen molar-refractivity contribution in [2.24, 2.45) is 11.5 Å². The van der Waals surface area contributed by atoms with Gasteiger partial charge in [-0.05, 0) is 25.8 Å². The first-order chi connectivity index (χ1) is 10.4. The van der Waals surface area contributed by atoms with E-state index in [1.807, 2.05) is 6.07 Å². The number of non-ortho nitro benzene ring substituents is 1. The molecule has 1 aliphatic heterocycles. The van der Waals surface area contributed by atoms with Crippen molar-refractivity contribution >= 4 is 17.3 Å². The molecule has 1 unspecified atom stereocenters. The second-order valence-electron chi connectivity index (χ2n) is 4.96. The number of anilines is 1. The number of nitro groups is 1. The number of hydrogen-bond donors (Lipinski definition) is 2. The Labute approximate surface area is 128 Å². The average molecular weight is 305 g/mol. The van der Waals surface area contributed by atoms with Gasteiger partial charge in [0.2, 0.25) is 5.91 Å². The Hall–Kier alpha value is -2.66. The van der Waals surface area contributed by atoms with Crippen LogP contribution in [0.5, 0.6) is 0 Å². The van der Waals surface area contributed by atoms with E-state index in [2.05, 4.69) is 10.6 Å². The van der Waals surface area contributed by atoms with Gasteiger partial charge in [-0.1, -0.05) is 0 Å². The minimum atomic E-state index is -0.509.